The zero-order valence-electron chi connectivity index (χ0n) is 11.1. The van der Waals surface area contributed by atoms with Gasteiger partial charge in [-0.05, 0) is 23.6 Å². The number of benzene rings is 1. The van der Waals surface area contributed by atoms with Crippen LogP contribution in [0.4, 0.5) is 5.69 Å². The third kappa shape index (κ3) is 2.56. The lowest BCUT2D eigenvalue weighted by Crippen LogP contribution is -2.15. The molecule has 1 N–H and O–H groups in total. The highest BCUT2D eigenvalue weighted by molar-refractivity contribution is 7.93. The number of esters is 1. The van der Waals surface area contributed by atoms with Crippen LogP contribution in [-0.2, 0) is 14.8 Å². The smallest absolute Gasteiger partial charge is 0.350 e. The van der Waals surface area contributed by atoms with E-state index < -0.39 is 16.0 Å². The van der Waals surface area contributed by atoms with Gasteiger partial charge in [0.2, 0.25) is 0 Å². The molecule has 0 aliphatic rings. The minimum atomic E-state index is -3.89. The Bertz CT molecular complexity index is 945. The summed E-state index contributed by atoms with van der Waals surface area (Å²) in [5.74, 6) is -0.596. The van der Waals surface area contributed by atoms with E-state index in [1.54, 1.807) is 17.5 Å². The minimum absolute atomic E-state index is 0.0146. The van der Waals surface area contributed by atoms with Gasteiger partial charge in [0.25, 0.3) is 10.0 Å². The molecule has 3 aromatic rings. The monoisotopic (exact) mass is 355 g/mol. The first-order chi connectivity index (χ1) is 10.5. The van der Waals surface area contributed by atoms with Crippen molar-refractivity contribution in [2.75, 3.05) is 11.8 Å². The summed E-state index contributed by atoms with van der Waals surface area (Å²) < 4.78 is 40.2. The molecule has 2 aromatic heterocycles. The van der Waals surface area contributed by atoms with E-state index in [9.17, 15) is 13.2 Å². The van der Waals surface area contributed by atoms with Gasteiger partial charge in [0.05, 0.1) is 24.5 Å². The second-order valence-electron chi connectivity index (χ2n) is 4.15. The van der Waals surface area contributed by atoms with Crippen LogP contribution in [0.5, 0.6) is 0 Å². The molecule has 10 heteroatoms. The van der Waals surface area contributed by atoms with Crippen LogP contribution in [0.1, 0.15) is 9.67 Å². The Morgan fingerprint density at radius 1 is 1.27 bits per heavy atom. The maximum Gasteiger partial charge on any atom is 0.350 e. The third-order valence-electron chi connectivity index (χ3n) is 2.82. The predicted octanol–water partition coefficient (Wildman–Crippen LogP) is 2.34. The number of hydrogen-bond acceptors (Lipinski definition) is 8. The molecule has 22 heavy (non-hydrogen) atoms. The van der Waals surface area contributed by atoms with Gasteiger partial charge in [-0.15, -0.1) is 11.3 Å². The summed E-state index contributed by atoms with van der Waals surface area (Å²) in [5, 5.41) is 1.61. The summed E-state index contributed by atoms with van der Waals surface area (Å²) in [7, 11) is -2.65. The van der Waals surface area contributed by atoms with Crippen molar-refractivity contribution >= 4 is 55.8 Å². The molecular weight excluding hydrogens is 346 g/mol. The largest absolute Gasteiger partial charge is 0.465 e. The first kappa shape index (κ1) is 14.9. The Morgan fingerprint density at radius 2 is 2.09 bits per heavy atom. The van der Waals surface area contributed by atoms with Gasteiger partial charge in [-0.1, -0.05) is 6.07 Å². The second kappa shape index (κ2) is 5.63. The molecule has 114 valence electrons. The summed E-state index contributed by atoms with van der Waals surface area (Å²) in [5.41, 5.74) is 0.985. The molecule has 0 saturated carbocycles. The summed E-state index contributed by atoms with van der Waals surface area (Å²) in [4.78, 5) is 11.8. The number of carbonyl (C=O) groups is 1. The Balaban J connectivity index is 2.03. The normalized spacial score (nSPS) is 11.5. The Labute approximate surface area is 133 Å². The summed E-state index contributed by atoms with van der Waals surface area (Å²) >= 11 is 2.03. The lowest BCUT2D eigenvalue weighted by Gasteiger charge is -2.08. The number of ether oxygens (including phenoxy) is 1. The summed E-state index contributed by atoms with van der Waals surface area (Å²) in [6, 6.07) is 6.22. The van der Waals surface area contributed by atoms with Crippen molar-refractivity contribution in [3.05, 3.63) is 34.5 Å². The van der Waals surface area contributed by atoms with Gasteiger partial charge in [-0.2, -0.15) is 8.75 Å². The fourth-order valence-corrected chi connectivity index (χ4v) is 4.51. The molecule has 3 rings (SSSR count). The van der Waals surface area contributed by atoms with E-state index >= 15 is 0 Å². The first-order valence-electron chi connectivity index (χ1n) is 5.93. The van der Waals surface area contributed by atoms with Crippen LogP contribution >= 0.6 is 23.1 Å². The number of hydrogen-bond donors (Lipinski definition) is 1. The number of carbonyl (C=O) groups excluding carboxylic acids is 1. The van der Waals surface area contributed by atoms with Crippen molar-refractivity contribution in [2.24, 2.45) is 0 Å². The van der Waals surface area contributed by atoms with Crippen molar-refractivity contribution in [3.63, 3.8) is 0 Å². The summed E-state index contributed by atoms with van der Waals surface area (Å²) in [6.07, 6.45) is 0. The molecule has 0 unspecified atom stereocenters. The molecule has 1 aromatic carbocycles. The van der Waals surface area contributed by atoms with Gasteiger partial charge < -0.3 is 4.74 Å². The number of nitrogens with zero attached hydrogens (tertiary/aromatic N) is 2. The number of methoxy groups -OCH3 is 1. The average molecular weight is 355 g/mol. The van der Waals surface area contributed by atoms with Crippen molar-refractivity contribution in [1.29, 1.82) is 0 Å². The van der Waals surface area contributed by atoms with Crippen LogP contribution in [-0.4, -0.2) is 30.2 Å². The van der Waals surface area contributed by atoms with Crippen LogP contribution in [0.25, 0.3) is 11.0 Å². The van der Waals surface area contributed by atoms with Gasteiger partial charge in [-0.25, -0.2) is 13.2 Å². The van der Waals surface area contributed by atoms with Gasteiger partial charge >= 0.3 is 5.97 Å². The van der Waals surface area contributed by atoms with Crippen molar-refractivity contribution in [3.8, 4) is 0 Å². The number of fused-ring (bicyclic) bond motifs is 1. The van der Waals surface area contributed by atoms with E-state index in [-0.39, 0.29) is 15.5 Å². The molecule has 0 amide bonds. The zero-order chi connectivity index (χ0) is 15.7. The van der Waals surface area contributed by atoms with Crippen molar-refractivity contribution in [1.82, 2.24) is 8.75 Å². The van der Waals surface area contributed by atoms with E-state index in [4.69, 9.17) is 0 Å². The number of anilines is 1. The molecule has 0 saturated heterocycles. The summed E-state index contributed by atoms with van der Waals surface area (Å²) in [6.45, 7) is 0. The Morgan fingerprint density at radius 3 is 2.86 bits per heavy atom. The molecule has 0 radical (unpaired) electrons. The van der Waals surface area contributed by atoms with Crippen molar-refractivity contribution < 1.29 is 17.9 Å². The highest BCUT2D eigenvalue weighted by Gasteiger charge is 2.23. The molecule has 0 aliphatic heterocycles. The van der Waals surface area contributed by atoms with Crippen LogP contribution in [0, 0.1) is 0 Å². The van der Waals surface area contributed by atoms with Crippen molar-refractivity contribution in [2.45, 2.75) is 4.90 Å². The molecule has 0 aliphatic carbocycles. The highest BCUT2D eigenvalue weighted by atomic mass is 32.2. The number of rotatable bonds is 4. The fourth-order valence-electron chi connectivity index (χ4n) is 1.84. The van der Waals surface area contributed by atoms with Gasteiger partial charge in [0.1, 0.15) is 20.8 Å². The van der Waals surface area contributed by atoms with Crippen LogP contribution in [0.3, 0.4) is 0 Å². The fraction of sp³-hybridized carbons (Fsp3) is 0.0833. The van der Waals surface area contributed by atoms with E-state index in [1.165, 1.54) is 19.2 Å². The highest BCUT2D eigenvalue weighted by Crippen LogP contribution is 2.28. The maximum absolute atomic E-state index is 12.6. The van der Waals surface area contributed by atoms with E-state index in [1.807, 2.05) is 0 Å². The topological polar surface area (TPSA) is 98.2 Å². The number of aromatic nitrogens is 2. The molecule has 0 spiro atoms. The van der Waals surface area contributed by atoms with Gasteiger partial charge in [0, 0.05) is 0 Å². The van der Waals surface area contributed by atoms with Crippen LogP contribution in [0.15, 0.2) is 34.5 Å². The predicted molar refractivity (Wildman–Crippen MR) is 83.9 cm³/mol. The molecule has 0 fully saturated rings. The van der Waals surface area contributed by atoms with E-state index in [0.717, 1.165) is 23.1 Å². The SMILES string of the molecule is COC(=O)c1sccc1NS(=O)(=O)c1cccc2nsnc12. The molecule has 7 nitrogen and oxygen atoms in total. The number of nitrogens with one attached hydrogen (secondary N) is 1. The van der Waals surface area contributed by atoms with Gasteiger partial charge in [-0.3, -0.25) is 4.72 Å². The zero-order valence-corrected chi connectivity index (χ0v) is 13.6. The lowest BCUT2D eigenvalue weighted by atomic mass is 10.3. The lowest BCUT2D eigenvalue weighted by molar-refractivity contribution is 0.0607. The third-order valence-corrected chi connectivity index (χ3v) is 5.65. The average Bonchev–Trinajstić information content (AvgIpc) is 3.14. The minimum Gasteiger partial charge on any atom is -0.465 e. The first-order valence-corrected chi connectivity index (χ1v) is 9.02. The van der Waals surface area contributed by atoms with Crippen LogP contribution in [0.2, 0.25) is 0 Å². The second-order valence-corrected chi connectivity index (χ2v) is 7.24. The molecule has 0 bridgehead atoms. The van der Waals surface area contributed by atoms with Gasteiger partial charge in [0.15, 0.2) is 0 Å². The van der Waals surface area contributed by atoms with E-state index in [2.05, 4.69) is 18.2 Å². The number of thiophene rings is 1. The quantitative estimate of drug-likeness (QED) is 0.721. The molecule has 2 heterocycles. The van der Waals surface area contributed by atoms with Crippen LogP contribution < -0.4 is 4.72 Å². The maximum atomic E-state index is 12.6. The molecule has 0 atom stereocenters. The molecular formula is C12H9N3O4S3. The number of sulfonamides is 1. The Kier molecular flexibility index (Phi) is 3.81. The standard InChI is InChI=1S/C12H9N3O4S3/c1-19-12(16)11-8(5-6-20-11)15-22(17,18)9-4-2-3-7-10(9)14-21-13-7/h2-6,15H,1H3. The Hall–Kier alpha value is -2.04. The van der Waals surface area contributed by atoms with E-state index in [0.29, 0.717) is 11.0 Å².